The molecule has 4 rings (SSSR count). The fraction of sp³-hybridized carbons (Fsp3) is 0.192. The first-order valence-electron chi connectivity index (χ1n) is 11.5. The van der Waals surface area contributed by atoms with E-state index in [9.17, 15) is 52.7 Å². The van der Waals surface area contributed by atoms with E-state index in [0.717, 1.165) is 42.5 Å². The van der Waals surface area contributed by atoms with Crippen molar-refractivity contribution >= 4 is 31.4 Å². The van der Waals surface area contributed by atoms with Crippen LogP contribution in [0.5, 0.6) is 5.75 Å². The summed E-state index contributed by atoms with van der Waals surface area (Å²) in [5.74, 6) is -15.1. The summed E-state index contributed by atoms with van der Waals surface area (Å²) in [6.45, 7) is 0. The second-order valence-electron chi connectivity index (χ2n) is 8.66. The number of hydrogen-bond donors (Lipinski definition) is 0. The molecule has 0 fully saturated rings. The van der Waals surface area contributed by atoms with Gasteiger partial charge in [-0.2, -0.15) is 47.9 Å². The van der Waals surface area contributed by atoms with Gasteiger partial charge in [-0.3, -0.25) is 0 Å². The zero-order valence-corrected chi connectivity index (χ0v) is 22.9. The number of methoxy groups -OCH3 is 1. The van der Waals surface area contributed by atoms with Crippen molar-refractivity contribution in [1.29, 1.82) is 0 Å². The summed E-state index contributed by atoms with van der Waals surface area (Å²) in [7, 11) is -10.5. The molecular formula is C26H17F9O6S2. The van der Waals surface area contributed by atoms with Crippen LogP contribution in [0.3, 0.4) is 0 Å². The summed E-state index contributed by atoms with van der Waals surface area (Å²) in [4.78, 5) is 11.1. The van der Waals surface area contributed by atoms with E-state index in [1.54, 1.807) is 0 Å². The zero-order valence-electron chi connectivity index (χ0n) is 21.3. The maximum absolute atomic E-state index is 15.0. The molecular weight excluding hydrogens is 643 g/mol. The van der Waals surface area contributed by atoms with Gasteiger partial charge in [0.05, 0.1) is 18.6 Å². The largest absolute Gasteiger partial charge is 0.496 e. The molecule has 4 aromatic rings. The molecule has 0 aliphatic rings. The Morgan fingerprint density at radius 2 is 1.19 bits per heavy atom. The van der Waals surface area contributed by atoms with Crippen molar-refractivity contribution in [2.24, 2.45) is 0 Å². The van der Waals surface area contributed by atoms with Crippen LogP contribution < -0.4 is 10.4 Å². The van der Waals surface area contributed by atoms with Gasteiger partial charge in [-0.05, 0) is 52.8 Å². The van der Waals surface area contributed by atoms with E-state index in [2.05, 4.69) is 0 Å². The molecule has 232 valence electrons. The minimum Gasteiger partial charge on any atom is -0.496 e. The third-order valence-electron chi connectivity index (χ3n) is 6.00. The Morgan fingerprint density at radius 1 is 0.674 bits per heavy atom. The van der Waals surface area contributed by atoms with Crippen molar-refractivity contribution in [3.63, 3.8) is 0 Å². The van der Waals surface area contributed by atoms with E-state index in [4.69, 9.17) is 12.8 Å². The van der Waals surface area contributed by atoms with Crippen molar-refractivity contribution < 1.29 is 60.7 Å². The topological polar surface area (TPSA) is 82.8 Å². The smallest absolute Gasteiger partial charge is 0.460 e. The second kappa shape index (κ2) is 10.8. The average Bonchev–Trinajstić information content (AvgIpc) is 2.95. The minimum absolute atomic E-state index is 0.0353. The Kier molecular flexibility index (Phi) is 8.08. The van der Waals surface area contributed by atoms with E-state index >= 15 is 0 Å². The Labute approximate surface area is 238 Å². The highest BCUT2D eigenvalue weighted by Crippen LogP contribution is 2.71. The molecule has 43 heavy (non-hydrogen) atoms. The summed E-state index contributed by atoms with van der Waals surface area (Å²) in [5.41, 5.74) is -1.30. The quantitative estimate of drug-likeness (QED) is 0.135. The maximum Gasteiger partial charge on any atom is 0.460 e. The molecule has 3 aromatic carbocycles. The molecule has 0 amide bonds. The lowest BCUT2D eigenvalue weighted by Crippen LogP contribution is -2.63. The predicted molar refractivity (Wildman–Crippen MR) is 135 cm³/mol. The average molecular weight is 661 g/mol. The summed E-state index contributed by atoms with van der Waals surface area (Å²) in [6, 6.07) is 16.5. The maximum atomic E-state index is 15.0. The second-order valence-corrected chi connectivity index (χ2v) is 13.2. The van der Waals surface area contributed by atoms with Crippen LogP contribution in [0.2, 0.25) is 0 Å². The zero-order chi connectivity index (χ0) is 32.1. The van der Waals surface area contributed by atoms with Crippen molar-refractivity contribution in [1.82, 2.24) is 0 Å². The van der Waals surface area contributed by atoms with Gasteiger partial charge in [-0.1, -0.05) is 36.4 Å². The highest BCUT2D eigenvalue weighted by atomic mass is 32.3. The molecule has 0 spiro atoms. The van der Waals surface area contributed by atoms with Gasteiger partial charge in [-0.15, -0.1) is 0 Å². The number of benzene rings is 3. The van der Waals surface area contributed by atoms with Crippen LogP contribution in [0, 0.1) is 0 Å². The van der Waals surface area contributed by atoms with Crippen molar-refractivity contribution in [2.45, 2.75) is 38.0 Å². The van der Waals surface area contributed by atoms with Gasteiger partial charge in [0, 0.05) is 14.7 Å². The highest BCUT2D eigenvalue weighted by molar-refractivity contribution is 8.33. The van der Waals surface area contributed by atoms with Crippen LogP contribution in [0.15, 0.2) is 109 Å². The van der Waals surface area contributed by atoms with E-state index in [1.807, 2.05) is 0 Å². The molecule has 17 heteroatoms. The monoisotopic (exact) mass is 660 g/mol. The number of hydrogen-bond acceptors (Lipinski definition) is 6. The molecule has 1 aromatic heterocycles. The van der Waals surface area contributed by atoms with Crippen molar-refractivity contribution in [2.75, 3.05) is 7.11 Å². The fourth-order valence-corrected chi connectivity index (χ4v) is 9.14. The lowest BCUT2D eigenvalue weighted by Gasteiger charge is -2.41. The van der Waals surface area contributed by atoms with E-state index in [0.29, 0.717) is 0 Å². The molecule has 0 bridgehead atoms. The number of alkyl halides is 9. The Morgan fingerprint density at radius 3 is 1.65 bits per heavy atom. The molecule has 0 atom stereocenters. The molecule has 0 aliphatic carbocycles. The van der Waals surface area contributed by atoms with Gasteiger partial charge in [0.15, 0.2) is 0 Å². The first-order valence-corrected chi connectivity index (χ1v) is 14.5. The highest BCUT2D eigenvalue weighted by Gasteiger charge is 2.86. The SMILES string of the molecule is COc1cc(=O)oc2cc(S(OS(=O)(=O)C(F)(F)C(F)(F)C(F)(F)C(F)(F)F)(c3ccccc3)c3ccccc3)ccc12. The van der Waals surface area contributed by atoms with Crippen molar-refractivity contribution in [3.8, 4) is 5.75 Å². The third-order valence-corrected chi connectivity index (χ3v) is 11.2. The van der Waals surface area contributed by atoms with Gasteiger partial charge in [0.1, 0.15) is 11.3 Å². The lowest BCUT2D eigenvalue weighted by molar-refractivity contribution is -0.382. The summed E-state index contributed by atoms with van der Waals surface area (Å²) >= 11 is 0. The fourth-order valence-electron chi connectivity index (χ4n) is 3.91. The van der Waals surface area contributed by atoms with Gasteiger partial charge >= 0.3 is 39.0 Å². The molecule has 0 unspecified atom stereocenters. The number of fused-ring (bicyclic) bond motifs is 1. The molecule has 6 nitrogen and oxygen atoms in total. The van der Waals surface area contributed by atoms with Gasteiger partial charge in [0.25, 0.3) is 0 Å². The van der Waals surface area contributed by atoms with Crippen LogP contribution in [-0.4, -0.2) is 38.8 Å². The van der Waals surface area contributed by atoms with Gasteiger partial charge in [-0.25, -0.2) is 8.42 Å². The Bertz CT molecular complexity index is 1750. The van der Waals surface area contributed by atoms with Crippen molar-refractivity contribution in [3.05, 3.63) is 95.3 Å². The normalized spacial score (nSPS) is 14.1. The predicted octanol–water partition coefficient (Wildman–Crippen LogP) is 7.77. The summed E-state index contributed by atoms with van der Waals surface area (Å²) < 4.78 is 165. The van der Waals surface area contributed by atoms with Crippen LogP contribution >= 0.6 is 10.3 Å². The van der Waals surface area contributed by atoms with Gasteiger partial charge in [0.2, 0.25) is 0 Å². The first kappa shape index (κ1) is 32.2. The van der Waals surface area contributed by atoms with Gasteiger partial charge < -0.3 is 9.15 Å². The van der Waals surface area contributed by atoms with Crippen LogP contribution in [0.1, 0.15) is 0 Å². The van der Waals surface area contributed by atoms with Crippen LogP contribution in [0.4, 0.5) is 39.5 Å². The summed E-state index contributed by atoms with van der Waals surface area (Å²) in [5, 5.41) is -7.03. The number of ether oxygens (including phenoxy) is 1. The minimum atomic E-state index is -7.53. The van der Waals surface area contributed by atoms with E-state index < -0.39 is 54.2 Å². The third kappa shape index (κ3) is 5.12. The first-order chi connectivity index (χ1) is 19.8. The molecule has 0 saturated carbocycles. The molecule has 0 N–H and O–H groups in total. The molecule has 0 aliphatic heterocycles. The lowest BCUT2D eigenvalue weighted by atomic mass is 10.1. The standard InChI is InChI=1S/C26H17F9O6S2/c1-39-20-15-22(36)40-21-14-18(12-13-19(20)21)42(16-8-4-2-5-9-16,17-10-6-3-7-11-17)41-43(37,38)26(34,35)24(29,30)23(27,28)25(31,32)33/h2-15H,1H3. The van der Waals surface area contributed by atoms with Crippen LogP contribution in [0.25, 0.3) is 11.0 Å². The molecule has 0 saturated heterocycles. The number of rotatable bonds is 9. The Hall–Kier alpha value is -3.70. The number of halogens is 9. The molecule has 0 radical (unpaired) electrons. The van der Waals surface area contributed by atoms with Crippen LogP contribution in [-0.2, 0) is 13.7 Å². The van der Waals surface area contributed by atoms with E-state index in [1.165, 1.54) is 49.6 Å². The van der Waals surface area contributed by atoms with E-state index in [-0.39, 0.29) is 26.5 Å². The Balaban J connectivity index is 2.08. The summed E-state index contributed by atoms with van der Waals surface area (Å²) in [6.07, 6.45) is -7.27. The molecule has 1 heterocycles.